The maximum absolute atomic E-state index is 11.4. The van der Waals surface area contributed by atoms with Crippen molar-refractivity contribution in [1.82, 2.24) is 9.97 Å². The van der Waals surface area contributed by atoms with E-state index in [-0.39, 0.29) is 16.5 Å². The first-order valence-corrected chi connectivity index (χ1v) is 6.54. The molecule has 1 aliphatic carbocycles. The number of nitro benzene ring substituents is 1. The van der Waals surface area contributed by atoms with E-state index in [1.54, 1.807) is 18.6 Å². The van der Waals surface area contributed by atoms with Gasteiger partial charge in [-0.25, -0.2) is 4.98 Å². The average Bonchev–Trinajstić information content (AvgIpc) is 2.99. The summed E-state index contributed by atoms with van der Waals surface area (Å²) in [6.45, 7) is 0. The third-order valence-electron chi connectivity index (χ3n) is 3.87. The Labute approximate surface area is 116 Å². The van der Waals surface area contributed by atoms with Crippen LogP contribution in [-0.4, -0.2) is 22.0 Å². The van der Waals surface area contributed by atoms with Gasteiger partial charge in [0.2, 0.25) is 0 Å². The van der Waals surface area contributed by atoms with Crippen LogP contribution in [-0.2, 0) is 6.42 Å². The first-order valence-electron chi connectivity index (χ1n) is 6.54. The van der Waals surface area contributed by atoms with Crippen molar-refractivity contribution in [2.24, 2.45) is 0 Å². The lowest BCUT2D eigenvalue weighted by atomic mass is 9.80. The van der Waals surface area contributed by atoms with Gasteiger partial charge < -0.3 is 9.72 Å². The summed E-state index contributed by atoms with van der Waals surface area (Å²) in [4.78, 5) is 18.2. The second-order valence-corrected chi connectivity index (χ2v) is 4.89. The molecular formula is C14H15N3O3. The zero-order chi connectivity index (χ0) is 14.1. The van der Waals surface area contributed by atoms with Gasteiger partial charge in [0.1, 0.15) is 0 Å². The number of nitrogens with one attached hydrogen (secondary N) is 1. The molecule has 20 heavy (non-hydrogen) atoms. The predicted molar refractivity (Wildman–Crippen MR) is 73.0 cm³/mol. The quantitative estimate of drug-likeness (QED) is 0.688. The van der Waals surface area contributed by atoms with E-state index in [2.05, 4.69) is 9.97 Å². The van der Waals surface area contributed by atoms with Crippen LogP contribution in [0.1, 0.15) is 35.6 Å². The van der Waals surface area contributed by atoms with Crippen LogP contribution < -0.4 is 4.74 Å². The number of nitro groups is 1. The minimum absolute atomic E-state index is 0.106. The summed E-state index contributed by atoms with van der Waals surface area (Å²) in [6, 6.07) is 3.62. The van der Waals surface area contributed by atoms with Crippen LogP contribution in [0.3, 0.4) is 0 Å². The van der Waals surface area contributed by atoms with E-state index in [1.165, 1.54) is 7.11 Å². The molecular weight excluding hydrogens is 258 g/mol. The number of imidazole rings is 1. The summed E-state index contributed by atoms with van der Waals surface area (Å²) in [5.74, 6) is 0.477. The van der Waals surface area contributed by atoms with E-state index in [0.29, 0.717) is 12.2 Å². The molecule has 0 bridgehead atoms. The van der Waals surface area contributed by atoms with Gasteiger partial charge in [0, 0.05) is 23.4 Å². The lowest BCUT2D eigenvalue weighted by Crippen LogP contribution is -2.14. The number of hydrogen-bond acceptors (Lipinski definition) is 4. The fourth-order valence-electron chi connectivity index (χ4n) is 3.00. The van der Waals surface area contributed by atoms with Crippen molar-refractivity contribution >= 4 is 5.69 Å². The molecule has 0 aliphatic heterocycles. The van der Waals surface area contributed by atoms with Gasteiger partial charge in [0.25, 0.3) is 0 Å². The Balaban J connectivity index is 2.16. The molecule has 1 aromatic carbocycles. The summed E-state index contributed by atoms with van der Waals surface area (Å²) in [6.07, 6.45) is 6.04. The lowest BCUT2D eigenvalue weighted by molar-refractivity contribution is -0.386. The Bertz CT molecular complexity index is 637. The minimum Gasteiger partial charge on any atom is -0.490 e. The molecule has 3 rings (SSSR count). The molecule has 6 heteroatoms. The third-order valence-corrected chi connectivity index (χ3v) is 3.87. The molecule has 1 unspecified atom stereocenters. The van der Waals surface area contributed by atoms with Gasteiger partial charge in [-0.15, -0.1) is 0 Å². The Hall–Kier alpha value is -2.37. The molecule has 1 aliphatic rings. The second kappa shape index (κ2) is 4.96. The number of hydrogen-bond donors (Lipinski definition) is 1. The molecule has 104 valence electrons. The highest BCUT2D eigenvalue weighted by molar-refractivity contribution is 5.58. The first kappa shape index (κ1) is 12.7. The number of fused-ring (bicyclic) bond motifs is 1. The fraction of sp³-hybridized carbons (Fsp3) is 0.357. The lowest BCUT2D eigenvalue weighted by Gasteiger charge is -2.24. The molecule has 1 atom stereocenters. The van der Waals surface area contributed by atoms with Crippen LogP contribution in [0.2, 0.25) is 0 Å². The Kier molecular flexibility index (Phi) is 3.14. The minimum atomic E-state index is -0.340. The van der Waals surface area contributed by atoms with E-state index in [1.807, 2.05) is 6.07 Å². The van der Waals surface area contributed by atoms with Crippen molar-refractivity contribution in [1.29, 1.82) is 0 Å². The maximum atomic E-state index is 11.4. The molecule has 0 radical (unpaired) electrons. The third kappa shape index (κ3) is 1.93. The van der Waals surface area contributed by atoms with Crippen LogP contribution >= 0.6 is 0 Å². The molecule has 0 saturated heterocycles. The average molecular weight is 273 g/mol. The van der Waals surface area contributed by atoms with Gasteiger partial charge in [0.05, 0.1) is 18.4 Å². The first-order chi connectivity index (χ1) is 9.72. The largest absolute Gasteiger partial charge is 0.490 e. The smallest absolute Gasteiger partial charge is 0.314 e. The SMILES string of the molecule is COc1ccc2c(c1[N+](=O)[O-])CCCC2c1cnc[nH]1. The van der Waals surface area contributed by atoms with E-state index in [9.17, 15) is 10.1 Å². The number of H-pyrrole nitrogens is 1. The summed E-state index contributed by atoms with van der Waals surface area (Å²) in [5, 5.41) is 11.4. The number of methoxy groups -OCH3 is 1. The maximum Gasteiger partial charge on any atom is 0.314 e. The standard InChI is InChI=1S/C14H15N3O3/c1-20-13-6-5-9-10(12-7-15-8-16-12)3-2-4-11(9)14(13)17(18)19/h5-8,10H,2-4H2,1H3,(H,15,16). The van der Waals surface area contributed by atoms with Crippen molar-refractivity contribution < 1.29 is 9.66 Å². The zero-order valence-electron chi connectivity index (χ0n) is 11.1. The monoisotopic (exact) mass is 273 g/mol. The van der Waals surface area contributed by atoms with Crippen LogP contribution in [0, 0.1) is 10.1 Å². The Morgan fingerprint density at radius 1 is 1.50 bits per heavy atom. The van der Waals surface area contributed by atoms with Gasteiger partial charge in [0.15, 0.2) is 5.75 Å². The van der Waals surface area contributed by atoms with E-state index < -0.39 is 0 Å². The predicted octanol–water partition coefficient (Wildman–Crippen LogP) is 2.79. The number of aromatic nitrogens is 2. The van der Waals surface area contributed by atoms with Crippen LogP contribution in [0.15, 0.2) is 24.7 Å². The van der Waals surface area contributed by atoms with Crippen LogP contribution in [0.25, 0.3) is 0 Å². The van der Waals surface area contributed by atoms with Gasteiger partial charge in [-0.2, -0.15) is 0 Å². The molecule has 1 N–H and O–H groups in total. The van der Waals surface area contributed by atoms with Crippen molar-refractivity contribution in [2.45, 2.75) is 25.2 Å². The van der Waals surface area contributed by atoms with Crippen molar-refractivity contribution in [3.8, 4) is 5.75 Å². The molecule has 0 fully saturated rings. The highest BCUT2D eigenvalue weighted by atomic mass is 16.6. The van der Waals surface area contributed by atoms with Crippen molar-refractivity contribution in [2.75, 3.05) is 7.11 Å². The van der Waals surface area contributed by atoms with Crippen LogP contribution in [0.5, 0.6) is 5.75 Å². The summed E-state index contributed by atoms with van der Waals surface area (Å²) >= 11 is 0. The molecule has 1 heterocycles. The molecule has 0 spiro atoms. The summed E-state index contributed by atoms with van der Waals surface area (Å²) < 4.78 is 5.14. The summed E-state index contributed by atoms with van der Waals surface area (Å²) in [7, 11) is 1.46. The van der Waals surface area contributed by atoms with Crippen LogP contribution in [0.4, 0.5) is 5.69 Å². The highest BCUT2D eigenvalue weighted by Gasteiger charge is 2.31. The number of rotatable bonds is 3. The molecule has 0 amide bonds. The molecule has 1 aromatic heterocycles. The number of ether oxygens (including phenoxy) is 1. The molecule has 2 aromatic rings. The van der Waals surface area contributed by atoms with E-state index in [0.717, 1.165) is 29.7 Å². The van der Waals surface area contributed by atoms with Crippen molar-refractivity contribution in [3.05, 3.63) is 51.6 Å². The number of benzene rings is 1. The molecule has 0 saturated carbocycles. The van der Waals surface area contributed by atoms with Gasteiger partial charge in [-0.3, -0.25) is 10.1 Å². The number of nitrogens with zero attached hydrogens (tertiary/aromatic N) is 2. The second-order valence-electron chi connectivity index (χ2n) is 4.89. The normalized spacial score (nSPS) is 17.6. The Morgan fingerprint density at radius 3 is 3.00 bits per heavy atom. The van der Waals surface area contributed by atoms with Gasteiger partial charge in [-0.1, -0.05) is 6.07 Å². The zero-order valence-corrected chi connectivity index (χ0v) is 11.1. The Morgan fingerprint density at radius 2 is 2.35 bits per heavy atom. The number of aromatic amines is 1. The topological polar surface area (TPSA) is 81.1 Å². The fourth-order valence-corrected chi connectivity index (χ4v) is 3.00. The van der Waals surface area contributed by atoms with Gasteiger partial charge >= 0.3 is 5.69 Å². The van der Waals surface area contributed by atoms with Crippen molar-refractivity contribution in [3.63, 3.8) is 0 Å². The highest BCUT2D eigenvalue weighted by Crippen LogP contribution is 2.43. The summed E-state index contributed by atoms with van der Waals surface area (Å²) in [5.41, 5.74) is 2.91. The van der Waals surface area contributed by atoms with Gasteiger partial charge in [-0.05, 0) is 30.9 Å². The van der Waals surface area contributed by atoms with E-state index >= 15 is 0 Å². The van der Waals surface area contributed by atoms with E-state index in [4.69, 9.17) is 4.74 Å². The molecule has 6 nitrogen and oxygen atoms in total.